The van der Waals surface area contributed by atoms with Crippen LogP contribution in [0, 0.1) is 19.8 Å². The minimum atomic E-state index is -0.151. The average Bonchev–Trinajstić information content (AvgIpc) is 2.68. The smallest absolute Gasteiger partial charge is 0.319 e. The quantitative estimate of drug-likeness (QED) is 0.845. The van der Waals surface area contributed by atoms with Crippen molar-refractivity contribution in [3.05, 3.63) is 47.4 Å². The van der Waals surface area contributed by atoms with Crippen LogP contribution in [0.5, 0.6) is 0 Å². The Balaban J connectivity index is 1.53. The zero-order valence-corrected chi connectivity index (χ0v) is 16.5. The number of aryl methyl sites for hydroxylation is 3. The molecule has 2 heterocycles. The number of carbonyl (C=O) groups excluding carboxylic acids is 1. The highest BCUT2D eigenvalue weighted by Crippen LogP contribution is 2.22. The molecule has 6 heteroatoms. The maximum atomic E-state index is 12.2. The second kappa shape index (κ2) is 8.84. The Morgan fingerprint density at radius 3 is 2.74 bits per heavy atom. The third-order valence-electron chi connectivity index (χ3n) is 4.91. The number of urea groups is 1. The van der Waals surface area contributed by atoms with Gasteiger partial charge in [-0.25, -0.2) is 14.8 Å². The van der Waals surface area contributed by atoms with Crippen molar-refractivity contribution in [3.63, 3.8) is 0 Å². The minimum absolute atomic E-state index is 0.151. The molecule has 144 valence electrons. The van der Waals surface area contributed by atoms with Crippen LogP contribution >= 0.6 is 0 Å². The number of piperidine rings is 1. The summed E-state index contributed by atoms with van der Waals surface area (Å²) in [7, 11) is 0. The molecule has 3 rings (SSSR count). The van der Waals surface area contributed by atoms with Gasteiger partial charge in [0.2, 0.25) is 0 Å². The first kappa shape index (κ1) is 19.1. The topological polar surface area (TPSA) is 70.2 Å². The maximum absolute atomic E-state index is 12.2. The van der Waals surface area contributed by atoms with Gasteiger partial charge >= 0.3 is 6.03 Å². The van der Waals surface area contributed by atoms with Crippen molar-refractivity contribution in [3.8, 4) is 0 Å². The second-order valence-electron chi connectivity index (χ2n) is 7.29. The van der Waals surface area contributed by atoms with Gasteiger partial charge in [-0.05, 0) is 44.7 Å². The molecule has 27 heavy (non-hydrogen) atoms. The van der Waals surface area contributed by atoms with E-state index in [4.69, 9.17) is 0 Å². The molecule has 1 fully saturated rings. The van der Waals surface area contributed by atoms with Gasteiger partial charge in [0.25, 0.3) is 0 Å². The van der Waals surface area contributed by atoms with E-state index in [0.717, 1.165) is 55.4 Å². The number of anilines is 2. The number of hydrogen-bond donors (Lipinski definition) is 2. The van der Waals surface area contributed by atoms with Crippen LogP contribution in [0.25, 0.3) is 0 Å². The molecular weight excluding hydrogens is 338 g/mol. The number of benzene rings is 1. The summed E-state index contributed by atoms with van der Waals surface area (Å²) >= 11 is 0. The van der Waals surface area contributed by atoms with E-state index in [1.807, 2.05) is 38.1 Å². The Bertz CT molecular complexity index is 775. The maximum Gasteiger partial charge on any atom is 0.319 e. The normalized spacial score (nSPS) is 16.9. The van der Waals surface area contributed by atoms with Crippen LogP contribution in [0.2, 0.25) is 0 Å². The Hall–Kier alpha value is -2.63. The van der Waals surface area contributed by atoms with Crippen molar-refractivity contribution in [1.29, 1.82) is 0 Å². The van der Waals surface area contributed by atoms with E-state index in [0.29, 0.717) is 12.5 Å². The lowest BCUT2D eigenvalue weighted by Gasteiger charge is -2.34. The third kappa shape index (κ3) is 5.42. The first-order valence-electron chi connectivity index (χ1n) is 9.74. The lowest BCUT2D eigenvalue weighted by molar-refractivity contribution is 0.249. The van der Waals surface area contributed by atoms with Gasteiger partial charge in [0.05, 0.1) is 0 Å². The van der Waals surface area contributed by atoms with Gasteiger partial charge in [-0.2, -0.15) is 0 Å². The molecule has 0 spiro atoms. The highest BCUT2D eigenvalue weighted by Gasteiger charge is 2.22. The molecule has 0 bridgehead atoms. The van der Waals surface area contributed by atoms with E-state index in [1.165, 1.54) is 5.56 Å². The SMILES string of the molecule is CCc1nc(C)cc(N2CCC[C@H](CNC(=O)Nc3ccc(C)cc3)C2)n1. The van der Waals surface area contributed by atoms with E-state index in [1.54, 1.807) is 0 Å². The van der Waals surface area contributed by atoms with Crippen molar-refractivity contribution in [1.82, 2.24) is 15.3 Å². The summed E-state index contributed by atoms with van der Waals surface area (Å²) < 4.78 is 0. The number of amides is 2. The largest absolute Gasteiger partial charge is 0.356 e. The van der Waals surface area contributed by atoms with Crippen LogP contribution < -0.4 is 15.5 Å². The fourth-order valence-corrected chi connectivity index (χ4v) is 3.42. The van der Waals surface area contributed by atoms with E-state index in [-0.39, 0.29) is 6.03 Å². The molecule has 0 saturated carbocycles. The number of aromatic nitrogens is 2. The van der Waals surface area contributed by atoms with Crippen molar-refractivity contribution in [2.24, 2.45) is 5.92 Å². The van der Waals surface area contributed by atoms with Gasteiger partial charge < -0.3 is 15.5 Å². The molecule has 1 aromatic carbocycles. The van der Waals surface area contributed by atoms with E-state index >= 15 is 0 Å². The predicted molar refractivity (Wildman–Crippen MR) is 109 cm³/mol. The summed E-state index contributed by atoms with van der Waals surface area (Å²) in [6.45, 7) is 8.70. The predicted octanol–water partition coefficient (Wildman–Crippen LogP) is 3.69. The summed E-state index contributed by atoms with van der Waals surface area (Å²) in [5, 5.41) is 5.90. The third-order valence-corrected chi connectivity index (χ3v) is 4.91. The van der Waals surface area contributed by atoms with E-state index in [9.17, 15) is 4.79 Å². The van der Waals surface area contributed by atoms with Crippen molar-refractivity contribution < 1.29 is 4.79 Å². The summed E-state index contributed by atoms with van der Waals surface area (Å²) in [6, 6.07) is 9.72. The van der Waals surface area contributed by atoms with Crippen molar-refractivity contribution in [2.45, 2.75) is 40.0 Å². The van der Waals surface area contributed by atoms with Gasteiger partial charge in [0.15, 0.2) is 0 Å². The Morgan fingerprint density at radius 1 is 1.22 bits per heavy atom. The highest BCUT2D eigenvalue weighted by atomic mass is 16.2. The number of nitrogens with one attached hydrogen (secondary N) is 2. The van der Waals surface area contributed by atoms with Gasteiger partial charge in [-0.15, -0.1) is 0 Å². The van der Waals surface area contributed by atoms with Crippen LogP contribution in [-0.4, -0.2) is 35.6 Å². The van der Waals surface area contributed by atoms with Crippen LogP contribution in [0.3, 0.4) is 0 Å². The van der Waals surface area contributed by atoms with Gasteiger partial charge in [-0.1, -0.05) is 24.6 Å². The molecule has 0 radical (unpaired) electrons. The van der Waals surface area contributed by atoms with E-state index < -0.39 is 0 Å². The fraction of sp³-hybridized carbons (Fsp3) is 0.476. The molecule has 2 N–H and O–H groups in total. The van der Waals surface area contributed by atoms with Gasteiger partial charge in [-0.3, -0.25) is 0 Å². The Kier molecular flexibility index (Phi) is 6.27. The molecule has 1 aromatic heterocycles. The molecule has 0 unspecified atom stereocenters. The fourth-order valence-electron chi connectivity index (χ4n) is 3.42. The molecule has 1 atom stereocenters. The second-order valence-corrected chi connectivity index (χ2v) is 7.29. The van der Waals surface area contributed by atoms with Crippen LogP contribution in [0.15, 0.2) is 30.3 Å². The molecular formula is C21H29N5O. The molecule has 2 amide bonds. The number of carbonyl (C=O) groups is 1. The molecule has 2 aromatic rings. The summed E-state index contributed by atoms with van der Waals surface area (Å²) in [6.07, 6.45) is 3.06. The number of rotatable bonds is 5. The van der Waals surface area contributed by atoms with Crippen LogP contribution in [0.1, 0.15) is 36.8 Å². The molecule has 1 saturated heterocycles. The molecule has 1 aliphatic rings. The molecule has 6 nitrogen and oxygen atoms in total. The minimum Gasteiger partial charge on any atom is -0.356 e. The standard InChI is InChI=1S/C21H29N5O/c1-4-19-23-16(3)12-20(25-19)26-11-5-6-17(14-26)13-22-21(27)24-18-9-7-15(2)8-10-18/h7-10,12,17H,4-6,11,13-14H2,1-3H3,(H2,22,24,27)/t17-/m1/s1. The number of nitrogens with zero attached hydrogens (tertiary/aromatic N) is 3. The van der Waals surface area contributed by atoms with E-state index in [2.05, 4.69) is 38.5 Å². The Morgan fingerprint density at radius 2 is 2.00 bits per heavy atom. The first-order valence-corrected chi connectivity index (χ1v) is 9.74. The van der Waals surface area contributed by atoms with Crippen LogP contribution in [-0.2, 0) is 6.42 Å². The number of hydrogen-bond acceptors (Lipinski definition) is 4. The lowest BCUT2D eigenvalue weighted by atomic mass is 9.98. The molecule has 1 aliphatic heterocycles. The molecule has 0 aliphatic carbocycles. The average molecular weight is 367 g/mol. The highest BCUT2D eigenvalue weighted by molar-refractivity contribution is 5.89. The van der Waals surface area contributed by atoms with Crippen molar-refractivity contribution in [2.75, 3.05) is 29.9 Å². The summed E-state index contributed by atoms with van der Waals surface area (Å²) in [5.74, 6) is 2.32. The van der Waals surface area contributed by atoms with Gasteiger partial charge in [0, 0.05) is 43.5 Å². The van der Waals surface area contributed by atoms with Crippen LogP contribution in [0.4, 0.5) is 16.3 Å². The zero-order valence-electron chi connectivity index (χ0n) is 16.5. The lowest BCUT2D eigenvalue weighted by Crippen LogP contribution is -2.42. The monoisotopic (exact) mass is 367 g/mol. The summed E-state index contributed by atoms with van der Waals surface area (Å²) in [4.78, 5) is 23.6. The summed E-state index contributed by atoms with van der Waals surface area (Å²) in [5.41, 5.74) is 3.00. The van der Waals surface area contributed by atoms with Gasteiger partial charge in [0.1, 0.15) is 11.6 Å². The first-order chi connectivity index (χ1) is 13.0. The van der Waals surface area contributed by atoms with Crippen molar-refractivity contribution >= 4 is 17.5 Å². The zero-order chi connectivity index (χ0) is 19.2. The Labute approximate surface area is 161 Å².